The maximum absolute atomic E-state index is 11.1. The van der Waals surface area contributed by atoms with Gasteiger partial charge in [0.1, 0.15) is 0 Å². The van der Waals surface area contributed by atoms with Crippen molar-refractivity contribution in [2.24, 2.45) is 0 Å². The second kappa shape index (κ2) is 17.5. The molecule has 0 aliphatic rings. The van der Waals surface area contributed by atoms with Gasteiger partial charge in [0.25, 0.3) is 0 Å². The number of hydrogen-bond acceptors (Lipinski definition) is 2. The molecule has 2 heteroatoms. The Morgan fingerprint density at radius 1 is 0.619 bits per heavy atom. The molecule has 21 heavy (non-hydrogen) atoms. The third-order valence-electron chi connectivity index (χ3n) is 3.97. The summed E-state index contributed by atoms with van der Waals surface area (Å²) in [5, 5.41) is 0. The Morgan fingerprint density at radius 2 is 1.05 bits per heavy atom. The minimum atomic E-state index is -0.0311. The molecule has 0 spiro atoms. The minimum absolute atomic E-state index is 0.0311. The number of hydrogen-bond donors (Lipinski definition) is 0. The maximum Gasteiger partial charge on any atom is 0.305 e. The molecule has 0 unspecified atom stereocenters. The summed E-state index contributed by atoms with van der Waals surface area (Å²) >= 11 is 0. The van der Waals surface area contributed by atoms with Crippen molar-refractivity contribution >= 4 is 5.97 Å². The first-order valence-corrected chi connectivity index (χ1v) is 9.46. The van der Waals surface area contributed by atoms with Crippen molar-refractivity contribution in [2.75, 3.05) is 6.61 Å². The fourth-order valence-corrected chi connectivity index (χ4v) is 2.58. The van der Waals surface area contributed by atoms with Crippen molar-refractivity contribution in [3.63, 3.8) is 0 Å². The summed E-state index contributed by atoms with van der Waals surface area (Å²) < 4.78 is 5.14. The van der Waals surface area contributed by atoms with E-state index in [2.05, 4.69) is 6.92 Å². The summed E-state index contributed by atoms with van der Waals surface area (Å²) in [6.45, 7) is 4.90. The van der Waals surface area contributed by atoms with Gasteiger partial charge < -0.3 is 4.74 Å². The molecule has 0 aromatic heterocycles. The van der Waals surface area contributed by atoms with Crippen LogP contribution in [0.25, 0.3) is 0 Å². The topological polar surface area (TPSA) is 26.3 Å². The van der Waals surface area contributed by atoms with E-state index in [9.17, 15) is 4.79 Å². The number of rotatable bonds is 16. The van der Waals surface area contributed by atoms with E-state index in [4.69, 9.17) is 4.74 Å². The van der Waals surface area contributed by atoms with E-state index in [0.717, 1.165) is 12.8 Å². The van der Waals surface area contributed by atoms with Gasteiger partial charge in [-0.3, -0.25) is 4.79 Å². The van der Waals surface area contributed by atoms with Gasteiger partial charge in [-0.05, 0) is 12.8 Å². The molecule has 0 N–H and O–H groups in total. The molecule has 0 radical (unpaired) electrons. The summed E-state index contributed by atoms with van der Waals surface area (Å²) in [4.78, 5) is 11.1. The van der Waals surface area contributed by atoms with E-state index in [1.54, 1.807) is 0 Å². The van der Waals surface area contributed by atoms with Crippen molar-refractivity contribution in [3.05, 3.63) is 0 Å². The zero-order valence-electron chi connectivity index (χ0n) is 14.6. The summed E-state index contributed by atoms with van der Waals surface area (Å²) in [6, 6.07) is 0. The molecular formula is C19H38O2. The lowest BCUT2D eigenvalue weighted by Gasteiger charge is -2.04. The predicted molar refractivity (Wildman–Crippen MR) is 91.6 cm³/mol. The van der Waals surface area contributed by atoms with Crippen LogP contribution >= 0.6 is 0 Å². The number of unbranched alkanes of at least 4 members (excludes halogenated alkanes) is 12. The highest BCUT2D eigenvalue weighted by Crippen LogP contribution is 2.12. The van der Waals surface area contributed by atoms with Crippen molar-refractivity contribution in [1.29, 1.82) is 0 Å². The number of esters is 1. The van der Waals surface area contributed by atoms with E-state index < -0.39 is 0 Å². The van der Waals surface area contributed by atoms with Gasteiger partial charge in [-0.2, -0.15) is 0 Å². The van der Waals surface area contributed by atoms with Crippen LogP contribution in [-0.4, -0.2) is 12.6 Å². The lowest BCUT2D eigenvalue weighted by molar-refractivity contribution is -0.143. The number of ether oxygens (including phenoxy) is 1. The van der Waals surface area contributed by atoms with Crippen molar-refractivity contribution in [1.82, 2.24) is 0 Å². The summed E-state index contributed by atoms with van der Waals surface area (Å²) in [5.41, 5.74) is 0. The van der Waals surface area contributed by atoms with E-state index in [-0.39, 0.29) is 5.97 Å². The third-order valence-corrected chi connectivity index (χ3v) is 3.97. The van der Waals surface area contributed by atoms with Crippen LogP contribution < -0.4 is 0 Å². The molecule has 0 bridgehead atoms. The smallest absolute Gasteiger partial charge is 0.305 e. The van der Waals surface area contributed by atoms with Gasteiger partial charge in [0.05, 0.1) is 6.61 Å². The Balaban J connectivity index is 3.01. The van der Waals surface area contributed by atoms with Gasteiger partial charge in [-0.1, -0.05) is 90.9 Å². The first-order chi connectivity index (χ1) is 10.3. The highest BCUT2D eigenvalue weighted by Gasteiger charge is 1.99. The van der Waals surface area contributed by atoms with Crippen molar-refractivity contribution in [2.45, 2.75) is 110 Å². The molecule has 0 fully saturated rings. The van der Waals surface area contributed by atoms with Crippen LogP contribution in [0.15, 0.2) is 0 Å². The Hall–Kier alpha value is -0.530. The molecule has 0 heterocycles. The molecule has 0 aliphatic heterocycles. The Bertz CT molecular complexity index is 214. The summed E-state index contributed by atoms with van der Waals surface area (Å²) in [7, 11) is 0. The normalized spacial score (nSPS) is 10.8. The quantitative estimate of drug-likeness (QED) is 0.243. The van der Waals surface area contributed by atoms with Crippen LogP contribution in [0.5, 0.6) is 0 Å². The van der Waals surface area contributed by atoms with Crippen molar-refractivity contribution < 1.29 is 9.53 Å². The first-order valence-electron chi connectivity index (χ1n) is 9.46. The van der Waals surface area contributed by atoms with E-state index in [1.165, 1.54) is 77.0 Å². The molecule has 0 aromatic carbocycles. The second-order valence-corrected chi connectivity index (χ2v) is 6.21. The standard InChI is InChI=1S/C19H38O2/c1-3-5-6-7-8-9-10-11-12-13-14-15-16-18-21-19(20)17-4-2/h3-18H2,1-2H3. The van der Waals surface area contributed by atoms with E-state index in [0.29, 0.717) is 13.0 Å². The van der Waals surface area contributed by atoms with Crippen LogP contribution in [-0.2, 0) is 9.53 Å². The Labute approximate surface area is 133 Å². The minimum Gasteiger partial charge on any atom is -0.466 e. The fourth-order valence-electron chi connectivity index (χ4n) is 2.58. The molecular weight excluding hydrogens is 260 g/mol. The largest absolute Gasteiger partial charge is 0.466 e. The second-order valence-electron chi connectivity index (χ2n) is 6.21. The van der Waals surface area contributed by atoms with Crippen LogP contribution in [0.1, 0.15) is 110 Å². The van der Waals surface area contributed by atoms with Gasteiger partial charge in [0, 0.05) is 6.42 Å². The van der Waals surface area contributed by atoms with Gasteiger partial charge in [-0.15, -0.1) is 0 Å². The highest BCUT2D eigenvalue weighted by atomic mass is 16.5. The third kappa shape index (κ3) is 17.4. The molecule has 0 atom stereocenters. The molecule has 2 nitrogen and oxygen atoms in total. The SMILES string of the molecule is CCCCCCCCCCCCCCCOC(=O)CCC. The molecule has 0 amide bonds. The van der Waals surface area contributed by atoms with E-state index >= 15 is 0 Å². The zero-order chi connectivity index (χ0) is 15.6. The van der Waals surface area contributed by atoms with Crippen LogP contribution in [0.3, 0.4) is 0 Å². The lowest BCUT2D eigenvalue weighted by atomic mass is 10.0. The average molecular weight is 299 g/mol. The number of carbonyl (C=O) groups excluding carboxylic acids is 1. The van der Waals surface area contributed by atoms with Gasteiger partial charge in [0.15, 0.2) is 0 Å². The molecule has 0 saturated carbocycles. The number of carbonyl (C=O) groups is 1. The Kier molecular flexibility index (Phi) is 17.1. The first kappa shape index (κ1) is 20.5. The summed E-state index contributed by atoms with van der Waals surface area (Å²) in [6.07, 6.45) is 19.0. The monoisotopic (exact) mass is 298 g/mol. The zero-order valence-corrected chi connectivity index (χ0v) is 14.6. The van der Waals surface area contributed by atoms with Crippen molar-refractivity contribution in [3.8, 4) is 0 Å². The van der Waals surface area contributed by atoms with Gasteiger partial charge >= 0.3 is 5.97 Å². The molecule has 0 aliphatic carbocycles. The van der Waals surface area contributed by atoms with Crippen LogP contribution in [0.2, 0.25) is 0 Å². The molecule has 0 rings (SSSR count). The van der Waals surface area contributed by atoms with Gasteiger partial charge in [-0.25, -0.2) is 0 Å². The predicted octanol–water partition coefficient (Wildman–Crippen LogP) is 6.42. The molecule has 0 saturated heterocycles. The molecule has 0 aromatic rings. The molecule has 126 valence electrons. The van der Waals surface area contributed by atoms with Crippen LogP contribution in [0, 0.1) is 0 Å². The van der Waals surface area contributed by atoms with Crippen LogP contribution in [0.4, 0.5) is 0 Å². The Morgan fingerprint density at radius 3 is 1.48 bits per heavy atom. The van der Waals surface area contributed by atoms with E-state index in [1.807, 2.05) is 6.92 Å². The lowest BCUT2D eigenvalue weighted by Crippen LogP contribution is -2.04. The summed E-state index contributed by atoms with van der Waals surface area (Å²) in [5.74, 6) is -0.0311. The maximum atomic E-state index is 11.1. The highest BCUT2D eigenvalue weighted by molar-refractivity contribution is 5.69. The van der Waals surface area contributed by atoms with Gasteiger partial charge in [0.2, 0.25) is 0 Å². The fraction of sp³-hybridized carbons (Fsp3) is 0.947. The average Bonchev–Trinajstić information content (AvgIpc) is 2.48.